The van der Waals surface area contributed by atoms with Gasteiger partial charge in [0.2, 0.25) is 11.8 Å². The summed E-state index contributed by atoms with van der Waals surface area (Å²) >= 11 is 13.9. The number of carboxylic acid groups (broad SMARTS) is 1. The number of aliphatic carboxylic acids is 1. The number of carbonyl (C=O) groups is 2. The van der Waals surface area contributed by atoms with Crippen LogP contribution in [0.15, 0.2) is 66.2 Å². The van der Waals surface area contributed by atoms with Crippen molar-refractivity contribution >= 4 is 51.5 Å². The van der Waals surface area contributed by atoms with Crippen molar-refractivity contribution in [3.8, 4) is 28.3 Å². The highest BCUT2D eigenvalue weighted by Gasteiger charge is 2.27. The second kappa shape index (κ2) is 11.7. The Bertz CT molecular complexity index is 1430. The molecule has 0 aliphatic rings. The van der Waals surface area contributed by atoms with E-state index in [0.717, 1.165) is 22.3 Å². The van der Waals surface area contributed by atoms with Gasteiger partial charge in [0.05, 0.1) is 25.1 Å². The summed E-state index contributed by atoms with van der Waals surface area (Å²) in [5.41, 5.74) is 3.80. The Morgan fingerprint density at radius 2 is 1.86 bits per heavy atom. The van der Waals surface area contributed by atoms with Crippen molar-refractivity contribution in [3.05, 3.63) is 81.8 Å². The van der Waals surface area contributed by atoms with E-state index in [9.17, 15) is 14.7 Å². The predicted molar refractivity (Wildman–Crippen MR) is 147 cm³/mol. The van der Waals surface area contributed by atoms with Gasteiger partial charge in [0.1, 0.15) is 5.02 Å². The first kappa shape index (κ1) is 26.6. The average Bonchev–Trinajstić information content (AvgIpc) is 3.38. The molecule has 1 atom stereocenters. The summed E-state index contributed by atoms with van der Waals surface area (Å²) in [6, 6.07) is 16.5. The molecule has 1 N–H and O–H groups in total. The number of methoxy groups -OCH3 is 1. The highest BCUT2D eigenvalue weighted by Crippen LogP contribution is 2.38. The summed E-state index contributed by atoms with van der Waals surface area (Å²) in [5, 5.41) is 12.6. The van der Waals surface area contributed by atoms with E-state index in [0.29, 0.717) is 33.2 Å². The largest absolute Gasteiger partial charge is 0.481 e. The van der Waals surface area contributed by atoms with E-state index in [1.165, 1.54) is 23.3 Å². The monoisotopic (exact) mass is 555 g/mol. The Morgan fingerprint density at radius 3 is 2.54 bits per heavy atom. The van der Waals surface area contributed by atoms with Crippen molar-refractivity contribution in [3.63, 3.8) is 0 Å². The summed E-state index contributed by atoms with van der Waals surface area (Å²) in [5.74, 6) is -1.75. The van der Waals surface area contributed by atoms with Gasteiger partial charge in [0, 0.05) is 34.8 Å². The van der Waals surface area contributed by atoms with Crippen LogP contribution in [0.5, 0.6) is 5.88 Å². The SMILES string of the molecule is COc1ncc(-c2ccc(Cl)cc2-c2csc(N(C)C(=O)[C@@H](CC(=O)O)Cc3ccccc3)n2)cc1Cl. The summed E-state index contributed by atoms with van der Waals surface area (Å²) < 4.78 is 5.15. The van der Waals surface area contributed by atoms with Crippen molar-refractivity contribution in [1.82, 2.24) is 9.97 Å². The molecule has 37 heavy (non-hydrogen) atoms. The fourth-order valence-electron chi connectivity index (χ4n) is 3.97. The Hall–Kier alpha value is -3.46. The molecule has 0 radical (unpaired) electrons. The van der Waals surface area contributed by atoms with Gasteiger partial charge in [-0.25, -0.2) is 9.97 Å². The van der Waals surface area contributed by atoms with Gasteiger partial charge in [-0.05, 0) is 35.7 Å². The number of benzene rings is 2. The van der Waals surface area contributed by atoms with Crippen LogP contribution in [0.2, 0.25) is 10.0 Å². The lowest BCUT2D eigenvalue weighted by molar-refractivity contribution is -0.140. The van der Waals surface area contributed by atoms with Crippen LogP contribution < -0.4 is 9.64 Å². The molecule has 0 aliphatic heterocycles. The molecule has 1 amide bonds. The third-order valence-corrected chi connectivity index (χ3v) is 7.20. The summed E-state index contributed by atoms with van der Waals surface area (Å²) in [4.78, 5) is 35.2. The number of aromatic nitrogens is 2. The standard InChI is InChI=1S/C27H23Cl2N3O4S/c1-32(26(35)17(12-24(33)34)10-16-6-4-3-5-7-16)27-31-23(15-37-27)21-13-19(28)8-9-20(21)18-11-22(29)25(36-2)30-14-18/h3-9,11,13-15,17H,10,12H2,1-2H3,(H,33,34)/t17-/m1/s1. The number of anilines is 1. The number of amides is 1. The molecule has 7 nitrogen and oxygen atoms in total. The Balaban J connectivity index is 1.64. The number of ether oxygens (including phenoxy) is 1. The van der Waals surface area contributed by atoms with E-state index in [1.807, 2.05) is 41.8 Å². The minimum atomic E-state index is -1.03. The van der Waals surface area contributed by atoms with Gasteiger partial charge in [-0.2, -0.15) is 0 Å². The number of rotatable bonds is 9. The van der Waals surface area contributed by atoms with E-state index in [-0.39, 0.29) is 12.3 Å². The minimum absolute atomic E-state index is 0.278. The highest BCUT2D eigenvalue weighted by atomic mass is 35.5. The van der Waals surface area contributed by atoms with Crippen molar-refractivity contribution < 1.29 is 19.4 Å². The maximum absolute atomic E-state index is 13.3. The Labute approximate surface area is 228 Å². The third kappa shape index (κ3) is 6.28. The van der Waals surface area contributed by atoms with Crippen LogP contribution in [-0.2, 0) is 16.0 Å². The number of hydrogen-bond acceptors (Lipinski definition) is 6. The van der Waals surface area contributed by atoms with Gasteiger partial charge in [0.15, 0.2) is 5.13 Å². The van der Waals surface area contributed by atoms with Gasteiger partial charge < -0.3 is 9.84 Å². The maximum Gasteiger partial charge on any atom is 0.304 e. The molecule has 190 valence electrons. The number of pyridine rings is 1. The molecule has 4 rings (SSSR count). The quantitative estimate of drug-likeness (QED) is 0.254. The van der Waals surface area contributed by atoms with Crippen LogP contribution in [-0.4, -0.2) is 41.1 Å². The molecule has 2 aromatic heterocycles. The zero-order valence-electron chi connectivity index (χ0n) is 20.0. The molecule has 0 saturated carbocycles. The molecular formula is C27H23Cl2N3O4S. The second-order valence-electron chi connectivity index (χ2n) is 8.30. The summed E-state index contributed by atoms with van der Waals surface area (Å²) in [6.45, 7) is 0. The fraction of sp³-hybridized carbons (Fsp3) is 0.185. The van der Waals surface area contributed by atoms with E-state index in [4.69, 9.17) is 32.9 Å². The van der Waals surface area contributed by atoms with Gasteiger partial charge >= 0.3 is 5.97 Å². The zero-order valence-corrected chi connectivity index (χ0v) is 22.3. The van der Waals surface area contributed by atoms with Gasteiger partial charge in [-0.3, -0.25) is 14.5 Å². The van der Waals surface area contributed by atoms with E-state index < -0.39 is 11.9 Å². The normalized spacial score (nSPS) is 11.7. The molecule has 0 fully saturated rings. The number of carboxylic acids is 1. The Morgan fingerprint density at radius 1 is 1.11 bits per heavy atom. The molecule has 0 saturated heterocycles. The number of hydrogen-bond donors (Lipinski definition) is 1. The molecule has 0 bridgehead atoms. The first-order chi connectivity index (χ1) is 17.8. The molecule has 0 spiro atoms. The number of halogens is 2. The van der Waals surface area contributed by atoms with E-state index in [1.54, 1.807) is 31.4 Å². The third-order valence-electron chi connectivity index (χ3n) is 5.77. The number of thiazole rings is 1. The smallest absolute Gasteiger partial charge is 0.304 e. The van der Waals surface area contributed by atoms with Crippen LogP contribution in [0, 0.1) is 5.92 Å². The van der Waals surface area contributed by atoms with Crippen molar-refractivity contribution in [1.29, 1.82) is 0 Å². The number of nitrogens with zero attached hydrogens (tertiary/aromatic N) is 3. The molecule has 0 aliphatic carbocycles. The highest BCUT2D eigenvalue weighted by molar-refractivity contribution is 7.14. The van der Waals surface area contributed by atoms with Crippen LogP contribution in [0.3, 0.4) is 0 Å². The molecule has 2 heterocycles. The molecular weight excluding hydrogens is 533 g/mol. The van der Waals surface area contributed by atoms with Gasteiger partial charge in [-0.15, -0.1) is 11.3 Å². The van der Waals surface area contributed by atoms with Crippen LogP contribution in [0.1, 0.15) is 12.0 Å². The van der Waals surface area contributed by atoms with Crippen molar-refractivity contribution in [2.75, 3.05) is 19.1 Å². The van der Waals surface area contributed by atoms with Crippen LogP contribution in [0.4, 0.5) is 5.13 Å². The fourth-order valence-corrected chi connectivity index (χ4v) is 5.18. The lowest BCUT2D eigenvalue weighted by Crippen LogP contribution is -2.35. The first-order valence-electron chi connectivity index (χ1n) is 11.3. The molecule has 2 aromatic carbocycles. The molecule has 0 unspecified atom stereocenters. The van der Waals surface area contributed by atoms with E-state index in [2.05, 4.69) is 4.98 Å². The summed E-state index contributed by atoms with van der Waals surface area (Å²) in [6.07, 6.45) is 1.69. The van der Waals surface area contributed by atoms with Crippen molar-refractivity contribution in [2.24, 2.45) is 5.92 Å². The molecule has 10 heteroatoms. The first-order valence-corrected chi connectivity index (χ1v) is 12.9. The summed E-state index contributed by atoms with van der Waals surface area (Å²) in [7, 11) is 3.11. The Kier molecular flexibility index (Phi) is 8.43. The lowest BCUT2D eigenvalue weighted by Gasteiger charge is -2.21. The number of carbonyl (C=O) groups excluding carboxylic acids is 1. The van der Waals surface area contributed by atoms with Crippen LogP contribution in [0.25, 0.3) is 22.4 Å². The van der Waals surface area contributed by atoms with Gasteiger partial charge in [-0.1, -0.05) is 59.6 Å². The molecule has 4 aromatic rings. The van der Waals surface area contributed by atoms with Crippen molar-refractivity contribution in [2.45, 2.75) is 12.8 Å². The topological polar surface area (TPSA) is 92.6 Å². The minimum Gasteiger partial charge on any atom is -0.481 e. The van der Waals surface area contributed by atoms with E-state index >= 15 is 0 Å². The van der Waals surface area contributed by atoms with Crippen LogP contribution >= 0.6 is 34.5 Å². The second-order valence-corrected chi connectivity index (χ2v) is 9.98. The average molecular weight is 556 g/mol. The maximum atomic E-state index is 13.3. The van der Waals surface area contributed by atoms with Gasteiger partial charge in [0.25, 0.3) is 0 Å². The lowest BCUT2D eigenvalue weighted by atomic mass is 9.95. The zero-order chi connectivity index (χ0) is 26.5. The predicted octanol–water partition coefficient (Wildman–Crippen LogP) is 6.48.